The zero-order valence-electron chi connectivity index (χ0n) is 35.2. The van der Waals surface area contributed by atoms with Crippen molar-refractivity contribution in [2.45, 2.75) is 39.7 Å². The third-order valence-electron chi connectivity index (χ3n) is 10.5. The number of benzene rings is 3. The maximum atomic E-state index is 13.5. The molecule has 2 amide bonds. The van der Waals surface area contributed by atoms with Gasteiger partial charge in [-0.2, -0.15) is 13.5 Å². The Labute approximate surface area is 381 Å². The number of anilines is 3. The lowest BCUT2D eigenvalue weighted by atomic mass is 9.99. The zero-order valence-corrected chi connectivity index (χ0v) is 37.8. The van der Waals surface area contributed by atoms with Gasteiger partial charge in [0.25, 0.3) is 0 Å². The lowest BCUT2D eigenvalue weighted by Crippen LogP contribution is -2.17. The molecule has 17 heteroatoms. The number of hydrogen-bond acceptors (Lipinski definition) is 12. The number of ether oxygens (including phenoxy) is 4. The quantitative estimate of drug-likeness (QED) is 0.0679. The SMILES string of the molecule is Cc1sc2c(c1C)C(c1ccc(Cl)cc1)=N[C@@H](CC(=O)Nc1ccc(OCCOCCOCCOCCNc3cc(-c4ccc5c(c4)CC(=O)N5)ccn3)cc1)c1nnc(C)n1-2.S. The highest BCUT2D eigenvalue weighted by Crippen LogP contribution is 2.40. The molecule has 14 nitrogen and oxygen atoms in total. The number of nitrogens with one attached hydrogen (secondary N) is 3. The van der Waals surface area contributed by atoms with Gasteiger partial charge in [-0.05, 0) is 104 Å². The van der Waals surface area contributed by atoms with Crippen LogP contribution in [0.15, 0.2) is 90.1 Å². The van der Waals surface area contributed by atoms with Crippen LogP contribution in [0.2, 0.25) is 5.02 Å². The van der Waals surface area contributed by atoms with Gasteiger partial charge in [0.15, 0.2) is 5.82 Å². The Morgan fingerprint density at radius 2 is 1.56 bits per heavy atom. The van der Waals surface area contributed by atoms with E-state index in [9.17, 15) is 9.59 Å². The molecule has 63 heavy (non-hydrogen) atoms. The number of nitrogens with zero attached hydrogens (tertiary/aromatic N) is 5. The fourth-order valence-corrected chi connectivity index (χ4v) is 8.62. The number of halogens is 1. The highest BCUT2D eigenvalue weighted by molar-refractivity contribution is 7.59. The van der Waals surface area contributed by atoms with Crippen LogP contribution in [-0.2, 0) is 30.2 Å². The van der Waals surface area contributed by atoms with Crippen LogP contribution in [-0.4, -0.2) is 90.1 Å². The smallest absolute Gasteiger partial charge is 0.228 e. The Hall–Kier alpha value is -5.62. The Kier molecular flexibility index (Phi) is 15.3. The van der Waals surface area contributed by atoms with Gasteiger partial charge in [0.2, 0.25) is 11.8 Å². The molecule has 0 aliphatic carbocycles. The van der Waals surface area contributed by atoms with E-state index in [-0.39, 0.29) is 31.7 Å². The van der Waals surface area contributed by atoms with Crippen molar-refractivity contribution in [2.24, 2.45) is 4.99 Å². The predicted octanol–water partition coefficient (Wildman–Crippen LogP) is 8.04. The fraction of sp³-hybridized carbons (Fsp3) is 0.304. The molecule has 3 aromatic carbocycles. The first-order chi connectivity index (χ1) is 30.2. The number of carbonyl (C=O) groups is 2. The summed E-state index contributed by atoms with van der Waals surface area (Å²) in [6, 6.07) is 24.2. The van der Waals surface area contributed by atoms with Gasteiger partial charge in [-0.3, -0.25) is 19.1 Å². The summed E-state index contributed by atoms with van der Waals surface area (Å²) < 4.78 is 24.9. The molecule has 0 spiro atoms. The highest BCUT2D eigenvalue weighted by atomic mass is 35.5. The second kappa shape index (κ2) is 21.2. The predicted molar refractivity (Wildman–Crippen MR) is 252 cm³/mol. The number of thiophene rings is 1. The van der Waals surface area contributed by atoms with Crippen molar-refractivity contribution in [1.82, 2.24) is 19.7 Å². The Morgan fingerprint density at radius 1 is 0.857 bits per heavy atom. The van der Waals surface area contributed by atoms with Gasteiger partial charge in [-0.1, -0.05) is 29.8 Å². The lowest BCUT2D eigenvalue weighted by Gasteiger charge is -2.13. The van der Waals surface area contributed by atoms with Crippen LogP contribution in [0, 0.1) is 20.8 Å². The molecule has 328 valence electrons. The lowest BCUT2D eigenvalue weighted by molar-refractivity contribution is -0.117. The van der Waals surface area contributed by atoms with Crippen LogP contribution in [0.5, 0.6) is 5.75 Å². The summed E-state index contributed by atoms with van der Waals surface area (Å²) in [6.45, 7) is 9.80. The molecule has 3 N–H and O–H groups in total. The minimum Gasteiger partial charge on any atom is -0.491 e. The molecule has 1 atom stereocenters. The molecule has 8 rings (SSSR count). The van der Waals surface area contributed by atoms with E-state index in [0.717, 1.165) is 61.4 Å². The van der Waals surface area contributed by atoms with Crippen LogP contribution in [0.1, 0.15) is 51.2 Å². The van der Waals surface area contributed by atoms with E-state index < -0.39 is 6.04 Å². The third kappa shape index (κ3) is 11.1. The van der Waals surface area contributed by atoms with E-state index in [1.165, 1.54) is 4.88 Å². The third-order valence-corrected chi connectivity index (χ3v) is 11.9. The molecule has 5 heterocycles. The zero-order chi connectivity index (χ0) is 43.0. The average Bonchev–Trinajstić information content (AvgIpc) is 3.91. The molecular formula is C46H49ClN8O6S2. The number of fused-ring (bicyclic) bond motifs is 4. The summed E-state index contributed by atoms with van der Waals surface area (Å²) in [5.74, 6) is 2.60. The average molecular weight is 910 g/mol. The molecule has 0 bridgehead atoms. The number of aromatic nitrogens is 4. The van der Waals surface area contributed by atoms with Crippen LogP contribution in [0.4, 0.5) is 17.2 Å². The second-order valence-electron chi connectivity index (χ2n) is 14.8. The topological polar surface area (TPSA) is 163 Å². The Bertz CT molecular complexity index is 2580. The van der Waals surface area contributed by atoms with E-state index in [1.807, 2.05) is 78.2 Å². The number of rotatable bonds is 19. The van der Waals surface area contributed by atoms with Crippen LogP contribution < -0.4 is 20.7 Å². The van der Waals surface area contributed by atoms with Gasteiger partial charge in [-0.25, -0.2) is 4.98 Å². The first-order valence-corrected chi connectivity index (χ1v) is 21.6. The number of aryl methyl sites for hydroxylation is 2. The first-order valence-electron chi connectivity index (χ1n) is 20.5. The van der Waals surface area contributed by atoms with E-state index in [1.54, 1.807) is 29.7 Å². The van der Waals surface area contributed by atoms with Crippen LogP contribution in [0.3, 0.4) is 0 Å². The normalized spacial score (nSPS) is 13.8. The van der Waals surface area contributed by atoms with Gasteiger partial charge >= 0.3 is 0 Å². The highest BCUT2D eigenvalue weighted by Gasteiger charge is 2.32. The summed E-state index contributed by atoms with van der Waals surface area (Å²) in [4.78, 5) is 36.0. The minimum atomic E-state index is -0.569. The van der Waals surface area contributed by atoms with Crippen molar-refractivity contribution in [1.29, 1.82) is 0 Å². The van der Waals surface area contributed by atoms with Crippen molar-refractivity contribution in [3.63, 3.8) is 0 Å². The van der Waals surface area contributed by atoms with Gasteiger partial charge in [0.1, 0.15) is 35.0 Å². The maximum Gasteiger partial charge on any atom is 0.228 e. The molecule has 0 saturated carbocycles. The molecule has 2 aliphatic heterocycles. The van der Waals surface area contributed by atoms with E-state index in [2.05, 4.69) is 45.0 Å². The number of hydrogen-bond donors (Lipinski definition) is 3. The summed E-state index contributed by atoms with van der Waals surface area (Å²) in [5, 5.41) is 19.7. The summed E-state index contributed by atoms with van der Waals surface area (Å²) in [5.41, 5.74) is 8.46. The van der Waals surface area contributed by atoms with Crippen molar-refractivity contribution >= 4 is 71.2 Å². The number of carbonyl (C=O) groups excluding carboxylic acids is 2. The number of amides is 2. The minimum absolute atomic E-state index is 0. The van der Waals surface area contributed by atoms with Gasteiger partial charge in [0, 0.05) is 45.1 Å². The molecule has 2 aliphatic rings. The summed E-state index contributed by atoms with van der Waals surface area (Å²) in [7, 11) is 0. The van der Waals surface area contributed by atoms with Crippen LogP contribution >= 0.6 is 36.4 Å². The Morgan fingerprint density at radius 3 is 2.32 bits per heavy atom. The maximum absolute atomic E-state index is 13.5. The molecule has 0 fully saturated rings. The first kappa shape index (κ1) is 45.4. The largest absolute Gasteiger partial charge is 0.491 e. The van der Waals surface area contributed by atoms with Crippen LogP contribution in [0.25, 0.3) is 16.1 Å². The summed E-state index contributed by atoms with van der Waals surface area (Å²) >= 11 is 7.91. The standard InChI is InChI=1S/C46H47ClN8O6S.H2S/c1-28-29(2)62-46-43(28)44(31-4-7-35(47)8-5-31)52-39(45-54-53-30(3)55(45)46)27-42(57)50-36-9-11-37(12-10-36)61-23-22-60-21-20-59-19-18-58-17-16-49-40-25-33(14-15-48-40)32-6-13-38-34(24-32)26-41(56)51-38;/h4-15,24-25,39H,16-23,26-27H2,1-3H3,(H,48,49)(H,50,57)(H,51,56);1H2/t39-;/m0./s1. The second-order valence-corrected chi connectivity index (χ2v) is 16.5. The number of pyridine rings is 1. The van der Waals surface area contributed by atoms with E-state index >= 15 is 0 Å². The molecule has 6 aromatic rings. The van der Waals surface area contributed by atoms with Crippen molar-refractivity contribution in [2.75, 3.05) is 68.7 Å². The van der Waals surface area contributed by atoms with E-state index in [4.69, 9.17) is 35.5 Å². The molecule has 0 saturated heterocycles. The molecule has 0 radical (unpaired) electrons. The Balaban J connectivity index is 0.00000595. The molecular weight excluding hydrogens is 860 g/mol. The van der Waals surface area contributed by atoms with Gasteiger partial charge in [-0.15, -0.1) is 21.5 Å². The fourth-order valence-electron chi connectivity index (χ4n) is 7.28. The van der Waals surface area contributed by atoms with Gasteiger partial charge < -0.3 is 34.9 Å². The van der Waals surface area contributed by atoms with Gasteiger partial charge in [0.05, 0.1) is 58.2 Å². The van der Waals surface area contributed by atoms with Crippen molar-refractivity contribution in [3.8, 4) is 21.9 Å². The summed E-state index contributed by atoms with van der Waals surface area (Å²) in [6.07, 6.45) is 2.25. The van der Waals surface area contributed by atoms with E-state index in [0.29, 0.717) is 81.5 Å². The van der Waals surface area contributed by atoms with Crippen molar-refractivity contribution in [3.05, 3.63) is 129 Å². The number of aliphatic imine (C=N–C) groups is 1. The monoisotopic (exact) mass is 908 g/mol. The molecule has 0 unspecified atom stereocenters. The van der Waals surface area contributed by atoms with Crippen molar-refractivity contribution < 1.29 is 28.5 Å². The molecule has 3 aromatic heterocycles.